The molecule has 0 aliphatic carbocycles. The highest BCUT2D eigenvalue weighted by molar-refractivity contribution is 6.36. The summed E-state index contributed by atoms with van der Waals surface area (Å²) in [5.74, 6) is 0.104. The van der Waals surface area contributed by atoms with Gasteiger partial charge < -0.3 is 14.6 Å². The molecule has 2 aromatic rings. The molecular formula is C17H22Cl4N4O. The Balaban J connectivity index is 0.00000121. The normalized spacial score (nSPS) is 24.0. The summed E-state index contributed by atoms with van der Waals surface area (Å²) in [7, 11) is 1.91. The third-order valence-electron chi connectivity index (χ3n) is 5.24. The minimum absolute atomic E-state index is 0. The molecule has 2 atom stereocenters. The van der Waals surface area contributed by atoms with Gasteiger partial charge in [0.25, 0.3) is 0 Å². The summed E-state index contributed by atoms with van der Waals surface area (Å²) in [6.07, 6.45) is 8.41. The second-order valence-electron chi connectivity index (χ2n) is 6.91. The van der Waals surface area contributed by atoms with Crippen molar-refractivity contribution in [3.8, 4) is 0 Å². The minimum Gasteiger partial charge on any atom is -0.342 e. The quantitative estimate of drug-likeness (QED) is 0.791. The van der Waals surface area contributed by atoms with Crippen LogP contribution >= 0.6 is 48.0 Å². The van der Waals surface area contributed by atoms with Crippen LogP contribution in [0.3, 0.4) is 0 Å². The zero-order valence-electron chi connectivity index (χ0n) is 14.3. The fourth-order valence-electron chi connectivity index (χ4n) is 3.99. The third-order valence-corrected chi connectivity index (χ3v) is 5.73. The molecule has 0 saturated carbocycles. The summed E-state index contributed by atoms with van der Waals surface area (Å²) in [6, 6.07) is 3.13. The highest BCUT2D eigenvalue weighted by Gasteiger charge is 2.36. The number of hydrogen-bond acceptors (Lipinski definition) is 3. The summed E-state index contributed by atoms with van der Waals surface area (Å²) in [5.41, 5.74) is 1.35. The number of fused-ring (bicyclic) bond motifs is 3. The molecule has 2 fully saturated rings. The van der Waals surface area contributed by atoms with Crippen LogP contribution in [0.25, 0.3) is 5.65 Å². The average molecular weight is 440 g/mol. The number of pyridine rings is 1. The van der Waals surface area contributed by atoms with Gasteiger partial charge >= 0.3 is 0 Å². The molecule has 0 radical (unpaired) electrons. The van der Waals surface area contributed by atoms with Gasteiger partial charge in [0, 0.05) is 37.6 Å². The molecule has 2 bridgehead atoms. The van der Waals surface area contributed by atoms with Crippen molar-refractivity contribution in [3.63, 3.8) is 0 Å². The number of carbonyl (C=O) groups excluding carboxylic acids is 1. The number of carbonyl (C=O) groups is 1. The molecule has 2 aliphatic rings. The summed E-state index contributed by atoms with van der Waals surface area (Å²) in [5, 5.41) is 4.65. The third kappa shape index (κ3) is 4.23. The lowest BCUT2D eigenvalue weighted by molar-refractivity contribution is -0.132. The van der Waals surface area contributed by atoms with Gasteiger partial charge in [0.2, 0.25) is 5.91 Å². The van der Waals surface area contributed by atoms with Gasteiger partial charge in [-0.15, -0.1) is 24.8 Å². The first-order chi connectivity index (χ1) is 11.5. The molecule has 26 heavy (non-hydrogen) atoms. The van der Waals surface area contributed by atoms with E-state index < -0.39 is 0 Å². The lowest BCUT2D eigenvalue weighted by Crippen LogP contribution is -2.49. The van der Waals surface area contributed by atoms with Crippen molar-refractivity contribution in [2.45, 2.75) is 50.2 Å². The number of nitrogens with zero attached hydrogens (tertiary/aromatic N) is 3. The van der Waals surface area contributed by atoms with Gasteiger partial charge in [0.15, 0.2) is 5.65 Å². The van der Waals surface area contributed by atoms with Crippen molar-refractivity contribution in [2.24, 2.45) is 0 Å². The number of hydrogen-bond donors (Lipinski definition) is 1. The SMILES string of the molecule is CN(C(=O)Cc1cn2cc(Cl)cc(Cl)c2n1)C1CC2CCC(C1)N2.Cl.Cl. The van der Waals surface area contributed by atoms with Crippen LogP contribution in [0.15, 0.2) is 18.5 Å². The van der Waals surface area contributed by atoms with Gasteiger partial charge in [-0.3, -0.25) is 4.79 Å². The van der Waals surface area contributed by atoms with Crippen molar-refractivity contribution in [1.82, 2.24) is 19.6 Å². The molecule has 0 aromatic carbocycles. The Kier molecular flexibility index (Phi) is 7.08. The van der Waals surface area contributed by atoms with Crippen LogP contribution in [0.4, 0.5) is 0 Å². The van der Waals surface area contributed by atoms with Crippen LogP contribution in [0.5, 0.6) is 0 Å². The van der Waals surface area contributed by atoms with Gasteiger partial charge in [-0.2, -0.15) is 0 Å². The van der Waals surface area contributed by atoms with Crippen molar-refractivity contribution in [2.75, 3.05) is 7.05 Å². The summed E-state index contributed by atoms with van der Waals surface area (Å²) in [4.78, 5) is 19.1. The Labute approximate surface area is 175 Å². The molecule has 2 aliphatic heterocycles. The van der Waals surface area contributed by atoms with Crippen LogP contribution in [0.1, 0.15) is 31.4 Å². The molecular weight excluding hydrogens is 418 g/mol. The number of halogens is 4. The predicted molar refractivity (Wildman–Crippen MR) is 109 cm³/mol. The highest BCUT2D eigenvalue weighted by Crippen LogP contribution is 2.29. The Morgan fingerprint density at radius 3 is 2.58 bits per heavy atom. The zero-order valence-corrected chi connectivity index (χ0v) is 17.5. The summed E-state index contributed by atoms with van der Waals surface area (Å²) < 4.78 is 1.78. The molecule has 9 heteroatoms. The largest absolute Gasteiger partial charge is 0.342 e. The van der Waals surface area contributed by atoms with Crippen molar-refractivity contribution in [1.29, 1.82) is 0 Å². The second-order valence-corrected chi connectivity index (χ2v) is 7.76. The number of rotatable bonds is 3. The molecule has 4 rings (SSSR count). The van der Waals surface area contributed by atoms with Gasteiger partial charge in [-0.05, 0) is 31.7 Å². The number of aromatic nitrogens is 2. The Hall–Kier alpha value is -0.720. The van der Waals surface area contributed by atoms with Gasteiger partial charge in [0.1, 0.15) is 0 Å². The molecule has 2 unspecified atom stereocenters. The number of piperidine rings is 1. The molecule has 2 aromatic heterocycles. The molecule has 144 valence electrons. The highest BCUT2D eigenvalue weighted by atomic mass is 35.5. The van der Waals surface area contributed by atoms with Gasteiger partial charge in [-0.1, -0.05) is 23.2 Å². The first kappa shape index (κ1) is 21.6. The van der Waals surface area contributed by atoms with Crippen LogP contribution in [0.2, 0.25) is 10.0 Å². The number of amides is 1. The van der Waals surface area contributed by atoms with E-state index in [4.69, 9.17) is 23.2 Å². The lowest BCUT2D eigenvalue weighted by atomic mass is 9.98. The average Bonchev–Trinajstić information content (AvgIpc) is 3.09. The van der Waals surface area contributed by atoms with Gasteiger partial charge in [0.05, 0.1) is 22.2 Å². The van der Waals surface area contributed by atoms with E-state index in [9.17, 15) is 4.79 Å². The standard InChI is InChI=1S/C17H20Cl2N4O.2ClH/c1-22(14-5-11-2-3-12(6-14)20-11)16(24)7-13-9-23-8-10(18)4-15(19)17(23)21-13;;/h4,8-9,11-12,14,20H,2-3,5-7H2,1H3;2*1H. The van der Waals surface area contributed by atoms with Crippen LogP contribution < -0.4 is 5.32 Å². The second kappa shape index (κ2) is 8.53. The maximum absolute atomic E-state index is 12.7. The lowest BCUT2D eigenvalue weighted by Gasteiger charge is -2.35. The first-order valence-electron chi connectivity index (χ1n) is 8.34. The van der Waals surface area contributed by atoms with E-state index in [1.54, 1.807) is 16.7 Å². The van der Waals surface area contributed by atoms with Crippen LogP contribution in [-0.4, -0.2) is 45.4 Å². The monoisotopic (exact) mass is 438 g/mol. The number of likely N-dealkylation sites (N-methyl/N-ethyl adjacent to an activating group) is 1. The van der Waals surface area contributed by atoms with Crippen molar-refractivity contribution >= 4 is 59.6 Å². The molecule has 1 amide bonds. The van der Waals surface area contributed by atoms with Gasteiger partial charge in [-0.25, -0.2) is 4.98 Å². The smallest absolute Gasteiger partial charge is 0.228 e. The first-order valence-corrected chi connectivity index (χ1v) is 9.09. The van der Waals surface area contributed by atoms with E-state index in [2.05, 4.69) is 10.3 Å². The number of nitrogens with one attached hydrogen (secondary N) is 1. The summed E-state index contributed by atoms with van der Waals surface area (Å²) in [6.45, 7) is 0. The Bertz CT molecular complexity index is 784. The van der Waals surface area contributed by atoms with Crippen molar-refractivity contribution < 1.29 is 4.79 Å². The maximum atomic E-state index is 12.7. The van der Waals surface area contributed by atoms with E-state index in [-0.39, 0.29) is 37.1 Å². The van der Waals surface area contributed by atoms with E-state index >= 15 is 0 Å². The molecule has 4 heterocycles. The molecule has 5 nitrogen and oxygen atoms in total. The van der Waals surface area contributed by atoms with E-state index in [0.717, 1.165) is 12.8 Å². The molecule has 2 saturated heterocycles. The van der Waals surface area contributed by atoms with Crippen molar-refractivity contribution in [3.05, 3.63) is 34.2 Å². The molecule has 0 spiro atoms. The van der Waals surface area contributed by atoms with E-state index in [1.807, 2.05) is 18.1 Å². The fourth-order valence-corrected chi connectivity index (χ4v) is 4.51. The maximum Gasteiger partial charge on any atom is 0.228 e. The fraction of sp³-hybridized carbons (Fsp3) is 0.529. The molecule has 1 N–H and O–H groups in total. The minimum atomic E-state index is 0. The number of imidazole rings is 1. The summed E-state index contributed by atoms with van der Waals surface area (Å²) >= 11 is 12.2. The van der Waals surface area contributed by atoms with E-state index in [1.165, 1.54) is 12.8 Å². The zero-order chi connectivity index (χ0) is 16.8. The Morgan fingerprint density at radius 2 is 1.92 bits per heavy atom. The van der Waals surface area contributed by atoms with E-state index in [0.29, 0.717) is 39.5 Å². The van der Waals surface area contributed by atoms with Crippen LogP contribution in [0, 0.1) is 0 Å². The van der Waals surface area contributed by atoms with Crippen LogP contribution in [-0.2, 0) is 11.2 Å². The topological polar surface area (TPSA) is 49.6 Å². The Morgan fingerprint density at radius 1 is 1.27 bits per heavy atom. The predicted octanol–water partition coefficient (Wildman–Crippen LogP) is 3.77.